The van der Waals surface area contributed by atoms with E-state index < -0.39 is 0 Å². The topological polar surface area (TPSA) is 74.7 Å². The van der Waals surface area contributed by atoms with Crippen molar-refractivity contribution >= 4 is 38.2 Å². The van der Waals surface area contributed by atoms with Gasteiger partial charge in [0.25, 0.3) is 5.91 Å². The summed E-state index contributed by atoms with van der Waals surface area (Å²) in [6.45, 7) is 3.10. The van der Waals surface area contributed by atoms with Gasteiger partial charge in [-0.3, -0.25) is 14.7 Å². The number of aliphatic hydroxyl groups is 1. The van der Waals surface area contributed by atoms with Gasteiger partial charge in [0.2, 0.25) is 0 Å². The largest absolute Gasteiger partial charge is 0.395 e. The standard InChI is InChI=1S/C25H25N3O3S/c29-13-11-27-25(30)24-23(19-6-2-4-8-22(19)32-24)21-16-28(12-14-31-21)15-17-9-10-26-20-7-3-1-5-18(17)20/h1-10,21,29H,11-16H2,(H,27,30). The maximum Gasteiger partial charge on any atom is 0.261 e. The maximum absolute atomic E-state index is 12.9. The van der Waals surface area contributed by atoms with Gasteiger partial charge in [-0.25, -0.2) is 0 Å². The highest BCUT2D eigenvalue weighted by Gasteiger charge is 2.29. The number of carbonyl (C=O) groups is 1. The van der Waals surface area contributed by atoms with Crippen LogP contribution >= 0.6 is 11.3 Å². The van der Waals surface area contributed by atoms with Crippen molar-refractivity contribution in [1.82, 2.24) is 15.2 Å². The van der Waals surface area contributed by atoms with Gasteiger partial charge in [-0.05, 0) is 29.1 Å². The van der Waals surface area contributed by atoms with Crippen molar-refractivity contribution in [2.75, 3.05) is 32.8 Å². The van der Waals surface area contributed by atoms with Crippen LogP contribution in [0.2, 0.25) is 0 Å². The van der Waals surface area contributed by atoms with E-state index in [1.807, 2.05) is 42.6 Å². The van der Waals surface area contributed by atoms with Crippen LogP contribution in [-0.4, -0.2) is 53.7 Å². The minimum atomic E-state index is -0.192. The van der Waals surface area contributed by atoms with E-state index in [0.717, 1.165) is 34.3 Å². The molecule has 2 N–H and O–H groups in total. The van der Waals surface area contributed by atoms with Crippen molar-refractivity contribution in [3.8, 4) is 0 Å². The molecule has 0 spiro atoms. The lowest BCUT2D eigenvalue weighted by molar-refractivity contribution is -0.0322. The number of fused-ring (bicyclic) bond motifs is 2. The van der Waals surface area contributed by atoms with E-state index in [4.69, 9.17) is 9.84 Å². The Morgan fingerprint density at radius 1 is 1.16 bits per heavy atom. The summed E-state index contributed by atoms with van der Waals surface area (Å²) in [5.41, 5.74) is 3.19. The second kappa shape index (κ2) is 9.34. The summed E-state index contributed by atoms with van der Waals surface area (Å²) in [6, 6.07) is 18.4. The average molecular weight is 448 g/mol. The predicted octanol–water partition coefficient (Wildman–Crippen LogP) is 3.75. The van der Waals surface area contributed by atoms with Crippen LogP contribution in [0.25, 0.3) is 21.0 Å². The Balaban J connectivity index is 1.44. The molecule has 7 heteroatoms. The molecule has 1 saturated heterocycles. The van der Waals surface area contributed by atoms with Gasteiger partial charge in [-0.1, -0.05) is 36.4 Å². The molecule has 2 aromatic carbocycles. The number of thiophene rings is 1. The van der Waals surface area contributed by atoms with Crippen LogP contribution in [0.4, 0.5) is 0 Å². The number of nitrogens with zero attached hydrogens (tertiary/aromatic N) is 2. The number of aliphatic hydroxyl groups excluding tert-OH is 1. The van der Waals surface area contributed by atoms with Gasteiger partial charge in [-0.2, -0.15) is 0 Å². The molecule has 1 fully saturated rings. The zero-order valence-corrected chi connectivity index (χ0v) is 18.5. The zero-order valence-electron chi connectivity index (χ0n) is 17.7. The SMILES string of the molecule is O=C(NCCO)c1sc2ccccc2c1C1CN(Cc2ccnc3ccccc23)CCO1. The van der Waals surface area contributed by atoms with Crippen LogP contribution < -0.4 is 5.32 Å². The third-order valence-electron chi connectivity index (χ3n) is 5.84. The smallest absolute Gasteiger partial charge is 0.261 e. The molecule has 2 aromatic heterocycles. The second-order valence-electron chi connectivity index (χ2n) is 7.90. The molecule has 1 unspecified atom stereocenters. The van der Waals surface area contributed by atoms with Crippen LogP contribution in [0.1, 0.15) is 26.9 Å². The number of hydrogen-bond acceptors (Lipinski definition) is 6. The summed E-state index contributed by atoms with van der Waals surface area (Å²) >= 11 is 1.48. The van der Waals surface area contributed by atoms with Crippen molar-refractivity contribution in [2.45, 2.75) is 12.6 Å². The van der Waals surface area contributed by atoms with E-state index in [1.54, 1.807) is 0 Å². The van der Waals surface area contributed by atoms with E-state index in [1.165, 1.54) is 22.3 Å². The molecule has 0 bridgehead atoms. The molecule has 1 aliphatic heterocycles. The van der Waals surface area contributed by atoms with Gasteiger partial charge in [0.05, 0.1) is 29.7 Å². The monoisotopic (exact) mass is 447 g/mol. The lowest BCUT2D eigenvalue weighted by atomic mass is 10.0. The van der Waals surface area contributed by atoms with Crippen molar-refractivity contribution in [3.63, 3.8) is 0 Å². The molecular weight excluding hydrogens is 422 g/mol. The number of hydrogen-bond donors (Lipinski definition) is 2. The van der Waals surface area contributed by atoms with E-state index in [9.17, 15) is 4.79 Å². The molecule has 0 saturated carbocycles. The fourth-order valence-electron chi connectivity index (χ4n) is 4.36. The molecular formula is C25H25N3O3S. The summed E-state index contributed by atoms with van der Waals surface area (Å²) in [5.74, 6) is -0.156. The summed E-state index contributed by atoms with van der Waals surface area (Å²) in [5, 5.41) is 14.2. The molecule has 4 aromatic rings. The highest BCUT2D eigenvalue weighted by molar-refractivity contribution is 7.21. The first kappa shape index (κ1) is 21.0. The van der Waals surface area contributed by atoms with E-state index in [2.05, 4.69) is 33.4 Å². The third-order valence-corrected chi connectivity index (χ3v) is 7.03. The van der Waals surface area contributed by atoms with Crippen molar-refractivity contribution in [2.24, 2.45) is 0 Å². The Hall–Kier alpha value is -2.84. The number of aromatic nitrogens is 1. The molecule has 3 heterocycles. The van der Waals surface area contributed by atoms with Crippen molar-refractivity contribution in [3.05, 3.63) is 76.8 Å². The van der Waals surface area contributed by atoms with Crippen LogP contribution in [0.15, 0.2) is 60.8 Å². The lowest BCUT2D eigenvalue weighted by Crippen LogP contribution is -2.38. The van der Waals surface area contributed by atoms with Crippen LogP contribution in [0.5, 0.6) is 0 Å². The summed E-state index contributed by atoms with van der Waals surface area (Å²) in [6.07, 6.45) is 1.67. The maximum atomic E-state index is 12.9. The number of rotatable bonds is 6. The van der Waals surface area contributed by atoms with Gasteiger partial charge >= 0.3 is 0 Å². The third kappa shape index (κ3) is 4.12. The Morgan fingerprint density at radius 2 is 1.97 bits per heavy atom. The van der Waals surface area contributed by atoms with E-state index >= 15 is 0 Å². The number of morpholine rings is 1. The van der Waals surface area contributed by atoms with E-state index in [-0.39, 0.29) is 25.2 Å². The van der Waals surface area contributed by atoms with Crippen molar-refractivity contribution in [1.29, 1.82) is 0 Å². The number of nitrogens with one attached hydrogen (secondary N) is 1. The summed E-state index contributed by atoms with van der Waals surface area (Å²) < 4.78 is 7.27. The van der Waals surface area contributed by atoms with Gasteiger partial charge in [0.1, 0.15) is 0 Å². The average Bonchev–Trinajstić information content (AvgIpc) is 3.23. The first-order valence-corrected chi connectivity index (χ1v) is 11.6. The van der Waals surface area contributed by atoms with Crippen molar-refractivity contribution < 1.29 is 14.6 Å². The summed E-state index contributed by atoms with van der Waals surface area (Å²) in [4.78, 5) is 20.4. The van der Waals surface area contributed by atoms with Gasteiger partial charge in [-0.15, -0.1) is 11.3 Å². The quantitative estimate of drug-likeness (QED) is 0.471. The first-order chi connectivity index (χ1) is 15.7. The van der Waals surface area contributed by atoms with E-state index in [0.29, 0.717) is 18.0 Å². The molecule has 32 heavy (non-hydrogen) atoms. The Kier molecular flexibility index (Phi) is 6.14. The number of ether oxygens (including phenoxy) is 1. The molecule has 1 atom stereocenters. The molecule has 6 nitrogen and oxygen atoms in total. The Bertz CT molecular complexity index is 1250. The molecule has 164 valence electrons. The lowest BCUT2D eigenvalue weighted by Gasteiger charge is -2.33. The number of para-hydroxylation sites is 1. The zero-order chi connectivity index (χ0) is 21.9. The molecule has 5 rings (SSSR count). The molecule has 0 aliphatic carbocycles. The predicted molar refractivity (Wildman–Crippen MR) is 127 cm³/mol. The normalized spacial score (nSPS) is 17.1. The number of carbonyl (C=O) groups excluding carboxylic acids is 1. The van der Waals surface area contributed by atoms with Gasteiger partial charge in [0.15, 0.2) is 0 Å². The summed E-state index contributed by atoms with van der Waals surface area (Å²) in [7, 11) is 0. The fraction of sp³-hybridized carbons (Fsp3) is 0.280. The minimum Gasteiger partial charge on any atom is -0.395 e. The van der Waals surface area contributed by atoms with Crippen LogP contribution in [-0.2, 0) is 11.3 Å². The van der Waals surface area contributed by atoms with Gasteiger partial charge < -0.3 is 15.2 Å². The Labute approximate surface area is 190 Å². The Morgan fingerprint density at radius 3 is 2.84 bits per heavy atom. The number of pyridine rings is 1. The fourth-order valence-corrected chi connectivity index (χ4v) is 5.53. The molecule has 0 radical (unpaired) electrons. The highest BCUT2D eigenvalue weighted by atomic mass is 32.1. The van der Waals surface area contributed by atoms with Gasteiger partial charge in [0, 0.05) is 48.0 Å². The first-order valence-electron chi connectivity index (χ1n) is 10.8. The van der Waals surface area contributed by atoms with Crippen LogP contribution in [0.3, 0.4) is 0 Å². The molecule has 1 aliphatic rings. The number of benzene rings is 2. The molecule has 1 amide bonds. The minimum absolute atomic E-state index is 0.0838. The second-order valence-corrected chi connectivity index (χ2v) is 8.95. The van der Waals surface area contributed by atoms with Crippen LogP contribution in [0, 0.1) is 0 Å². The highest BCUT2D eigenvalue weighted by Crippen LogP contribution is 2.38. The number of amides is 1.